The summed E-state index contributed by atoms with van der Waals surface area (Å²) in [5, 5.41) is 3.49. The highest BCUT2D eigenvalue weighted by Gasteiger charge is 2.17. The number of anilines is 1. The number of nitrogens with zero attached hydrogens (tertiary/aromatic N) is 3. The van der Waals surface area contributed by atoms with Gasteiger partial charge in [0.15, 0.2) is 0 Å². The summed E-state index contributed by atoms with van der Waals surface area (Å²) in [4.78, 5) is 32.1. The van der Waals surface area contributed by atoms with Crippen molar-refractivity contribution in [1.29, 1.82) is 0 Å². The summed E-state index contributed by atoms with van der Waals surface area (Å²) >= 11 is 0. The van der Waals surface area contributed by atoms with E-state index in [1.807, 2.05) is 31.3 Å². The first-order valence-corrected chi connectivity index (χ1v) is 10.2. The number of morpholine rings is 1. The number of hydrogen-bond donors (Lipinski definition) is 1. The lowest BCUT2D eigenvalue weighted by Crippen LogP contribution is -2.36. The number of rotatable bonds is 4. The molecule has 31 heavy (non-hydrogen) atoms. The summed E-state index contributed by atoms with van der Waals surface area (Å²) in [6.45, 7) is 4.00. The van der Waals surface area contributed by atoms with E-state index in [1.165, 1.54) is 0 Å². The number of hydrogen-bond acceptors (Lipinski definition) is 6. The second-order valence-electron chi connectivity index (χ2n) is 7.62. The van der Waals surface area contributed by atoms with Gasteiger partial charge in [0.05, 0.1) is 30.8 Å². The van der Waals surface area contributed by atoms with E-state index in [2.05, 4.69) is 14.8 Å². The van der Waals surface area contributed by atoms with E-state index in [0.717, 1.165) is 49.7 Å². The molecule has 8 nitrogen and oxygen atoms in total. The van der Waals surface area contributed by atoms with Crippen molar-refractivity contribution < 1.29 is 13.9 Å². The molecule has 0 radical (unpaired) electrons. The van der Waals surface area contributed by atoms with Crippen LogP contribution in [0.5, 0.6) is 0 Å². The lowest BCUT2D eigenvalue weighted by molar-refractivity contribution is 0.0328. The monoisotopic (exact) mass is 418 g/mol. The van der Waals surface area contributed by atoms with E-state index in [0.29, 0.717) is 16.7 Å². The number of carbonyl (C=O) groups excluding carboxylic acids is 1. The fraction of sp³-hybridized carbons (Fsp3) is 0.261. The van der Waals surface area contributed by atoms with Crippen molar-refractivity contribution in [2.45, 2.75) is 6.54 Å². The van der Waals surface area contributed by atoms with Crippen molar-refractivity contribution in [2.75, 3.05) is 31.6 Å². The van der Waals surface area contributed by atoms with Gasteiger partial charge >= 0.3 is 5.63 Å². The van der Waals surface area contributed by atoms with Crippen LogP contribution in [0.3, 0.4) is 0 Å². The fourth-order valence-electron chi connectivity index (χ4n) is 3.85. The molecule has 1 fully saturated rings. The number of ether oxygens (including phenoxy) is 1. The van der Waals surface area contributed by atoms with Gasteiger partial charge in [-0.2, -0.15) is 0 Å². The molecule has 0 bridgehead atoms. The summed E-state index contributed by atoms with van der Waals surface area (Å²) in [5.74, 6) is 0.443. The summed E-state index contributed by atoms with van der Waals surface area (Å²) in [6, 6.07) is 14.2. The third-order valence-electron chi connectivity index (χ3n) is 5.59. The second kappa shape index (κ2) is 7.98. The molecule has 0 aliphatic carbocycles. The minimum atomic E-state index is -0.664. The Kier molecular flexibility index (Phi) is 5.01. The number of nitrogens with one attached hydrogen (secondary N) is 1. The molecular weight excluding hydrogens is 396 g/mol. The van der Waals surface area contributed by atoms with Crippen LogP contribution in [0.25, 0.3) is 22.0 Å². The van der Waals surface area contributed by atoms with Crippen LogP contribution in [0.15, 0.2) is 57.7 Å². The Balaban J connectivity index is 1.40. The highest BCUT2D eigenvalue weighted by Crippen LogP contribution is 2.21. The molecule has 0 unspecified atom stereocenters. The molecular formula is C23H22N4O4. The van der Waals surface area contributed by atoms with Crippen LogP contribution in [0.2, 0.25) is 0 Å². The Morgan fingerprint density at radius 3 is 2.77 bits per heavy atom. The van der Waals surface area contributed by atoms with E-state index in [4.69, 9.17) is 14.1 Å². The quantitative estimate of drug-likeness (QED) is 0.513. The topological polar surface area (TPSA) is 89.6 Å². The number of benzene rings is 2. The van der Waals surface area contributed by atoms with Gasteiger partial charge in [0.1, 0.15) is 17.0 Å². The maximum absolute atomic E-state index is 12.7. The number of imidazole rings is 1. The Bertz CT molecular complexity index is 1330. The third-order valence-corrected chi connectivity index (χ3v) is 5.59. The van der Waals surface area contributed by atoms with Gasteiger partial charge in [0, 0.05) is 31.2 Å². The van der Waals surface area contributed by atoms with Gasteiger partial charge in [-0.3, -0.25) is 9.69 Å². The predicted molar refractivity (Wildman–Crippen MR) is 117 cm³/mol. The van der Waals surface area contributed by atoms with Gasteiger partial charge in [-0.15, -0.1) is 0 Å². The molecule has 8 heteroatoms. The van der Waals surface area contributed by atoms with Crippen LogP contribution >= 0.6 is 0 Å². The summed E-state index contributed by atoms with van der Waals surface area (Å²) < 4.78 is 12.7. The summed E-state index contributed by atoms with van der Waals surface area (Å²) in [7, 11) is 1.99. The maximum Gasteiger partial charge on any atom is 0.349 e. The van der Waals surface area contributed by atoms with Gasteiger partial charge in [-0.1, -0.05) is 18.2 Å². The Morgan fingerprint density at radius 2 is 1.94 bits per heavy atom. The normalized spacial score (nSPS) is 14.9. The molecule has 158 valence electrons. The van der Waals surface area contributed by atoms with Gasteiger partial charge in [-0.05, 0) is 30.3 Å². The number of aryl methyl sites for hydroxylation is 1. The average Bonchev–Trinajstić information content (AvgIpc) is 3.08. The smallest absolute Gasteiger partial charge is 0.349 e. The number of aromatic nitrogens is 2. The van der Waals surface area contributed by atoms with E-state index in [9.17, 15) is 9.59 Å². The first-order chi connectivity index (χ1) is 15.1. The fourth-order valence-corrected chi connectivity index (χ4v) is 3.85. The number of fused-ring (bicyclic) bond motifs is 2. The molecule has 0 atom stereocenters. The second-order valence-corrected chi connectivity index (χ2v) is 7.62. The molecule has 1 N–H and O–H groups in total. The molecule has 1 aliphatic rings. The number of carbonyl (C=O) groups is 1. The molecule has 2 aromatic carbocycles. The van der Waals surface area contributed by atoms with Crippen molar-refractivity contribution in [3.05, 3.63) is 70.3 Å². The van der Waals surface area contributed by atoms with E-state index in [-0.39, 0.29) is 5.56 Å². The van der Waals surface area contributed by atoms with Gasteiger partial charge in [-0.25, -0.2) is 9.78 Å². The van der Waals surface area contributed by atoms with Crippen LogP contribution < -0.4 is 10.9 Å². The lowest BCUT2D eigenvalue weighted by Gasteiger charge is -2.26. The SMILES string of the molecule is Cn1c(CN2CCOCC2)nc2cc(NC(=O)c3cc4ccccc4oc3=O)ccc21. The van der Waals surface area contributed by atoms with Crippen LogP contribution in [-0.4, -0.2) is 46.7 Å². The minimum Gasteiger partial charge on any atom is -0.422 e. The zero-order chi connectivity index (χ0) is 21.4. The number of amides is 1. The van der Waals surface area contributed by atoms with E-state index < -0.39 is 11.5 Å². The van der Waals surface area contributed by atoms with Gasteiger partial charge < -0.3 is 19.0 Å². The molecule has 0 spiro atoms. The van der Waals surface area contributed by atoms with E-state index >= 15 is 0 Å². The van der Waals surface area contributed by atoms with Crippen LogP contribution in [0, 0.1) is 0 Å². The first-order valence-electron chi connectivity index (χ1n) is 10.2. The van der Waals surface area contributed by atoms with Crippen LogP contribution in [0.4, 0.5) is 5.69 Å². The van der Waals surface area contributed by atoms with Crippen molar-refractivity contribution in [3.63, 3.8) is 0 Å². The first kappa shape index (κ1) is 19.5. The van der Waals surface area contributed by atoms with Gasteiger partial charge in [0.2, 0.25) is 0 Å². The van der Waals surface area contributed by atoms with Crippen molar-refractivity contribution in [1.82, 2.24) is 14.5 Å². The van der Waals surface area contributed by atoms with E-state index in [1.54, 1.807) is 24.3 Å². The van der Waals surface area contributed by atoms with Crippen molar-refractivity contribution >= 4 is 33.6 Å². The minimum absolute atomic E-state index is 0.0344. The third kappa shape index (κ3) is 3.83. The van der Waals surface area contributed by atoms with Crippen LogP contribution in [-0.2, 0) is 18.3 Å². The molecule has 2 aromatic heterocycles. The Hall–Kier alpha value is -3.49. The Labute approximate surface area is 178 Å². The highest BCUT2D eigenvalue weighted by molar-refractivity contribution is 6.06. The molecule has 5 rings (SSSR count). The Morgan fingerprint density at radius 1 is 1.13 bits per heavy atom. The standard InChI is InChI=1S/C23H22N4O4/c1-26-19-7-6-16(13-18(19)25-21(26)14-27-8-10-30-11-9-27)24-22(28)17-12-15-4-2-3-5-20(15)31-23(17)29/h2-7,12-13H,8-11,14H2,1H3,(H,24,28). The molecule has 3 heterocycles. The summed E-state index contributed by atoms with van der Waals surface area (Å²) in [6.07, 6.45) is 0. The lowest BCUT2D eigenvalue weighted by atomic mass is 10.1. The maximum atomic E-state index is 12.7. The van der Waals surface area contributed by atoms with Crippen molar-refractivity contribution in [3.8, 4) is 0 Å². The zero-order valence-corrected chi connectivity index (χ0v) is 17.1. The molecule has 1 aliphatic heterocycles. The summed E-state index contributed by atoms with van der Waals surface area (Å²) in [5.41, 5.74) is 2.09. The molecule has 0 saturated carbocycles. The largest absolute Gasteiger partial charge is 0.422 e. The molecule has 1 saturated heterocycles. The number of para-hydroxylation sites is 1. The predicted octanol–water partition coefficient (Wildman–Crippen LogP) is 2.76. The van der Waals surface area contributed by atoms with Crippen LogP contribution in [0.1, 0.15) is 16.2 Å². The molecule has 1 amide bonds. The average molecular weight is 418 g/mol. The zero-order valence-electron chi connectivity index (χ0n) is 17.1. The molecule has 4 aromatic rings. The van der Waals surface area contributed by atoms with Gasteiger partial charge in [0.25, 0.3) is 5.91 Å². The van der Waals surface area contributed by atoms with Crippen molar-refractivity contribution in [2.24, 2.45) is 7.05 Å². The highest BCUT2D eigenvalue weighted by atomic mass is 16.5.